The number of hydrogen-bond donors (Lipinski definition) is 0. The Morgan fingerprint density at radius 3 is 2.50 bits per heavy atom. The zero-order chi connectivity index (χ0) is 28.2. The third kappa shape index (κ3) is 6.25. The van der Waals surface area contributed by atoms with Gasteiger partial charge in [0, 0.05) is 5.25 Å². The summed E-state index contributed by atoms with van der Waals surface area (Å²) in [6, 6.07) is 9.83. The van der Waals surface area contributed by atoms with Gasteiger partial charge in [0.25, 0.3) is 0 Å². The molecule has 0 amide bonds. The Morgan fingerprint density at radius 2 is 1.73 bits per heavy atom. The average molecular weight is 565 g/mol. The molecule has 0 saturated heterocycles. The van der Waals surface area contributed by atoms with Crippen molar-refractivity contribution in [2.75, 3.05) is 0 Å². The normalized spacial score (nSPS) is 35.7. The molecule has 2 nitrogen and oxygen atoms in total. The number of rotatable bonds is 12. The van der Waals surface area contributed by atoms with Crippen molar-refractivity contribution in [3.05, 3.63) is 42.0 Å². The second-order valence-corrected chi connectivity index (χ2v) is 15.6. The van der Waals surface area contributed by atoms with Gasteiger partial charge in [-0.05, 0) is 111 Å². The quantitative estimate of drug-likeness (QED) is 0.186. The molecule has 0 spiro atoms. The molecule has 3 fully saturated rings. The third-order valence-corrected chi connectivity index (χ3v) is 13.3. The van der Waals surface area contributed by atoms with Gasteiger partial charge in [-0.25, -0.2) is 0 Å². The number of allylic oxidation sites excluding steroid dienone is 2. The van der Waals surface area contributed by atoms with Crippen LogP contribution in [-0.4, -0.2) is 16.5 Å². The highest BCUT2D eigenvalue weighted by atomic mass is 32.2. The smallest absolute Gasteiger partial charge is 0.229 e. The van der Waals surface area contributed by atoms with Crippen molar-refractivity contribution in [3.8, 4) is 5.75 Å². The number of carbonyl (C=O) groups is 1. The summed E-state index contributed by atoms with van der Waals surface area (Å²) in [6.45, 7) is 9.69. The fraction of sp³-hybridized carbons (Fsp3) is 0.757. The number of hydrogen-bond acceptors (Lipinski definition) is 3. The number of para-hydroxylation sites is 1. The van der Waals surface area contributed by atoms with Gasteiger partial charge in [-0.2, -0.15) is 0 Å². The Hall–Kier alpha value is -1.22. The van der Waals surface area contributed by atoms with Crippen LogP contribution in [0.3, 0.4) is 0 Å². The van der Waals surface area contributed by atoms with E-state index in [1.54, 1.807) is 17.3 Å². The van der Waals surface area contributed by atoms with Gasteiger partial charge in [-0.15, -0.1) is 0 Å². The van der Waals surface area contributed by atoms with Gasteiger partial charge >= 0.3 is 0 Å². The molecule has 1 aromatic carbocycles. The highest BCUT2D eigenvalue weighted by molar-refractivity contribution is 8.14. The summed E-state index contributed by atoms with van der Waals surface area (Å²) in [6.07, 6.45) is 23.7. The molecular formula is C37H56O2S. The molecule has 8 unspecified atom stereocenters. The fourth-order valence-corrected chi connectivity index (χ4v) is 10.9. The molecule has 8 atom stereocenters. The van der Waals surface area contributed by atoms with E-state index >= 15 is 0 Å². The zero-order valence-corrected chi connectivity index (χ0v) is 26.8. The van der Waals surface area contributed by atoms with Crippen LogP contribution in [0.1, 0.15) is 130 Å². The van der Waals surface area contributed by atoms with Crippen molar-refractivity contribution < 1.29 is 9.53 Å². The Labute approximate surface area is 249 Å². The Balaban J connectivity index is 1.17. The van der Waals surface area contributed by atoms with E-state index < -0.39 is 0 Å². The van der Waals surface area contributed by atoms with Crippen LogP contribution in [0, 0.1) is 34.5 Å². The van der Waals surface area contributed by atoms with Gasteiger partial charge in [-0.1, -0.05) is 108 Å². The number of ether oxygens (including phenoxy) is 1. The van der Waals surface area contributed by atoms with Crippen molar-refractivity contribution in [2.45, 2.75) is 142 Å². The molecule has 4 aliphatic rings. The second kappa shape index (κ2) is 13.4. The first-order valence-electron chi connectivity index (χ1n) is 17.0. The topological polar surface area (TPSA) is 26.3 Å². The molecule has 40 heavy (non-hydrogen) atoms. The summed E-state index contributed by atoms with van der Waals surface area (Å²) < 4.78 is 6.08. The Morgan fingerprint density at radius 1 is 0.950 bits per heavy atom. The van der Waals surface area contributed by atoms with Gasteiger partial charge in [0.15, 0.2) is 6.10 Å². The van der Waals surface area contributed by atoms with Gasteiger partial charge < -0.3 is 4.74 Å². The summed E-state index contributed by atoms with van der Waals surface area (Å²) in [5.41, 5.74) is 2.62. The second-order valence-electron chi connectivity index (χ2n) is 14.3. The average Bonchev–Trinajstić information content (AvgIpc) is 3.30. The van der Waals surface area contributed by atoms with E-state index in [1.165, 1.54) is 83.5 Å². The summed E-state index contributed by atoms with van der Waals surface area (Å²) in [5, 5.41) is 0.615. The number of benzene rings is 1. The molecule has 0 bridgehead atoms. The SMILES string of the molecule is CCCCCCCCC1CCC2C3CC=C4CC(SC(=O)C(CC)Oc5ccccc5)CCC4(C)C3CCC12C. The number of unbranched alkanes of at least 4 members (excludes halogenated alkanes) is 5. The van der Waals surface area contributed by atoms with E-state index in [1.807, 2.05) is 30.3 Å². The van der Waals surface area contributed by atoms with Crippen molar-refractivity contribution in [3.63, 3.8) is 0 Å². The van der Waals surface area contributed by atoms with Crippen LogP contribution >= 0.6 is 11.8 Å². The molecule has 1 aromatic rings. The predicted octanol–water partition coefficient (Wildman–Crippen LogP) is 10.8. The lowest BCUT2D eigenvalue weighted by Gasteiger charge is -2.58. The number of carbonyl (C=O) groups excluding carboxylic acids is 1. The zero-order valence-electron chi connectivity index (χ0n) is 26.0. The van der Waals surface area contributed by atoms with Crippen molar-refractivity contribution in [2.24, 2.45) is 34.5 Å². The monoisotopic (exact) mass is 564 g/mol. The van der Waals surface area contributed by atoms with E-state index in [0.29, 0.717) is 16.1 Å². The largest absolute Gasteiger partial charge is 0.482 e. The maximum atomic E-state index is 13.3. The highest BCUT2D eigenvalue weighted by Crippen LogP contribution is 2.67. The minimum atomic E-state index is -0.354. The predicted molar refractivity (Wildman–Crippen MR) is 171 cm³/mol. The molecule has 4 aliphatic carbocycles. The molecule has 3 heteroatoms. The maximum Gasteiger partial charge on any atom is 0.229 e. The highest BCUT2D eigenvalue weighted by Gasteiger charge is 2.58. The first-order valence-corrected chi connectivity index (χ1v) is 17.9. The van der Waals surface area contributed by atoms with Crippen LogP contribution in [0.15, 0.2) is 42.0 Å². The van der Waals surface area contributed by atoms with Crippen molar-refractivity contribution >= 4 is 16.9 Å². The molecule has 0 aromatic heterocycles. The summed E-state index contributed by atoms with van der Waals surface area (Å²) in [7, 11) is 0. The van der Waals surface area contributed by atoms with Gasteiger partial charge in [-0.3, -0.25) is 4.79 Å². The Kier molecular flexibility index (Phi) is 10.1. The van der Waals surface area contributed by atoms with Crippen LogP contribution in [0.2, 0.25) is 0 Å². The maximum absolute atomic E-state index is 13.3. The standard InChI is InChI=1S/C37H56O2S/c1-5-7-8-9-10-12-15-27-19-21-32-31-20-18-28-26-30(22-24-37(28,4)33(31)23-25-36(27,32)3)40-35(38)34(6-2)39-29-16-13-11-14-17-29/h11,13-14,16-18,27,30-34H,5-10,12,15,19-26H2,1-4H3. The number of fused-ring (bicyclic) bond motifs is 5. The minimum Gasteiger partial charge on any atom is -0.482 e. The third-order valence-electron chi connectivity index (χ3n) is 12.1. The van der Waals surface area contributed by atoms with Crippen LogP contribution in [-0.2, 0) is 4.79 Å². The van der Waals surface area contributed by atoms with Crippen LogP contribution in [0.25, 0.3) is 0 Å². The van der Waals surface area contributed by atoms with Gasteiger partial charge in [0.1, 0.15) is 5.75 Å². The summed E-state index contributed by atoms with van der Waals surface area (Å²) in [5.74, 6) is 4.43. The molecule has 0 radical (unpaired) electrons. The van der Waals surface area contributed by atoms with Gasteiger partial charge in [0.2, 0.25) is 5.12 Å². The molecule has 5 rings (SSSR count). The molecule has 0 aliphatic heterocycles. The molecule has 3 saturated carbocycles. The molecule has 0 heterocycles. The van der Waals surface area contributed by atoms with Crippen LogP contribution in [0.5, 0.6) is 5.75 Å². The molecule has 222 valence electrons. The first-order chi connectivity index (χ1) is 19.4. The Bertz CT molecular complexity index is 1000. The summed E-state index contributed by atoms with van der Waals surface area (Å²) in [4.78, 5) is 13.3. The van der Waals surface area contributed by atoms with E-state index in [-0.39, 0.29) is 11.2 Å². The lowest BCUT2D eigenvalue weighted by atomic mass is 9.47. The van der Waals surface area contributed by atoms with Crippen LogP contribution in [0.4, 0.5) is 0 Å². The van der Waals surface area contributed by atoms with E-state index in [9.17, 15) is 4.79 Å². The molecular weight excluding hydrogens is 508 g/mol. The summed E-state index contributed by atoms with van der Waals surface area (Å²) >= 11 is 1.58. The lowest BCUT2D eigenvalue weighted by Crippen LogP contribution is -2.50. The number of thioether (sulfide) groups is 1. The van der Waals surface area contributed by atoms with Crippen LogP contribution < -0.4 is 4.74 Å². The first kappa shape index (κ1) is 30.2. The minimum absolute atomic E-state index is 0.213. The molecule has 0 N–H and O–H groups in total. The van der Waals surface area contributed by atoms with E-state index in [0.717, 1.165) is 48.7 Å². The van der Waals surface area contributed by atoms with Crippen molar-refractivity contribution in [1.82, 2.24) is 0 Å². The van der Waals surface area contributed by atoms with E-state index in [4.69, 9.17) is 4.74 Å². The van der Waals surface area contributed by atoms with Crippen molar-refractivity contribution in [1.29, 1.82) is 0 Å². The lowest BCUT2D eigenvalue weighted by molar-refractivity contribution is -0.117. The van der Waals surface area contributed by atoms with E-state index in [2.05, 4.69) is 33.8 Å². The fourth-order valence-electron chi connectivity index (χ4n) is 9.68. The van der Waals surface area contributed by atoms with Gasteiger partial charge in [0.05, 0.1) is 0 Å².